The minimum atomic E-state index is -5.15. The topological polar surface area (TPSA) is 133 Å². The first-order valence-corrected chi connectivity index (χ1v) is 10.2. The van der Waals surface area contributed by atoms with Gasteiger partial charge in [-0.2, -0.15) is 13.2 Å². The van der Waals surface area contributed by atoms with Gasteiger partial charge in [-0.1, -0.05) is 6.92 Å². The molecule has 0 spiro atoms. The van der Waals surface area contributed by atoms with Crippen molar-refractivity contribution in [2.45, 2.75) is 58.2 Å². The van der Waals surface area contributed by atoms with Gasteiger partial charge in [0.15, 0.2) is 0 Å². The molecule has 17 heteroatoms. The molecule has 1 aliphatic heterocycles. The Morgan fingerprint density at radius 1 is 1.14 bits per heavy atom. The first kappa shape index (κ1) is 29.3. The molecule has 1 aromatic carbocycles. The zero-order chi connectivity index (χ0) is 28.1. The molecule has 206 valence electrons. The molecule has 0 amide bonds. The summed E-state index contributed by atoms with van der Waals surface area (Å²) in [6, 6.07) is 1.59. The van der Waals surface area contributed by atoms with Gasteiger partial charge in [0.2, 0.25) is 12.4 Å². The van der Waals surface area contributed by atoms with Gasteiger partial charge in [0.25, 0.3) is 5.09 Å². The number of halogens is 6. The number of nitrogens with zero attached hydrogens (tertiary/aromatic N) is 1. The molecule has 0 aromatic heterocycles. The van der Waals surface area contributed by atoms with Crippen LogP contribution in [0.5, 0.6) is 11.5 Å². The van der Waals surface area contributed by atoms with E-state index in [-0.39, 0.29) is 17.5 Å². The lowest BCUT2D eigenvalue weighted by Crippen LogP contribution is -2.41. The van der Waals surface area contributed by atoms with Gasteiger partial charge < -0.3 is 28.5 Å². The summed E-state index contributed by atoms with van der Waals surface area (Å²) >= 11 is 0. The predicted octanol–water partition coefficient (Wildman–Crippen LogP) is 4.49. The van der Waals surface area contributed by atoms with Gasteiger partial charge in [-0.15, -0.1) is 23.3 Å². The van der Waals surface area contributed by atoms with Crippen LogP contribution in [0.3, 0.4) is 0 Å². The number of esters is 1. The van der Waals surface area contributed by atoms with Crippen molar-refractivity contribution in [2.75, 3.05) is 6.61 Å². The summed E-state index contributed by atoms with van der Waals surface area (Å²) in [6.07, 6.45) is -17.0. The molecule has 0 bridgehead atoms. The highest BCUT2D eigenvalue weighted by atomic mass is 19.4. The molecule has 3 atom stereocenters. The van der Waals surface area contributed by atoms with E-state index in [1.54, 1.807) is 0 Å². The number of fused-ring (bicyclic) bond motifs is 1. The van der Waals surface area contributed by atoms with Gasteiger partial charge in [-0.05, 0) is 37.1 Å². The van der Waals surface area contributed by atoms with Crippen LogP contribution in [0.15, 0.2) is 17.7 Å². The number of ether oxygens (including phenoxy) is 5. The van der Waals surface area contributed by atoms with E-state index < -0.39 is 71.9 Å². The van der Waals surface area contributed by atoms with Gasteiger partial charge in [0.05, 0.1) is 5.57 Å². The van der Waals surface area contributed by atoms with Crippen molar-refractivity contribution in [3.05, 3.63) is 38.9 Å². The van der Waals surface area contributed by atoms with Crippen LogP contribution in [0.2, 0.25) is 0 Å². The van der Waals surface area contributed by atoms with Crippen LogP contribution < -0.4 is 9.47 Å². The highest BCUT2D eigenvalue weighted by molar-refractivity contribution is 5.96. The smallest absolute Gasteiger partial charge is 0.475 e. The third-order valence-electron chi connectivity index (χ3n) is 4.38. The second-order valence-corrected chi connectivity index (χ2v) is 7.33. The van der Waals surface area contributed by atoms with Crippen molar-refractivity contribution in [1.82, 2.24) is 0 Å². The molecular formula is C20H19F6NO10. The van der Waals surface area contributed by atoms with Gasteiger partial charge in [-0.25, -0.2) is 9.59 Å². The normalized spacial score (nSPS) is 16.8. The van der Waals surface area contributed by atoms with Crippen LogP contribution in [0.4, 0.5) is 31.1 Å². The quantitative estimate of drug-likeness (QED) is 0.143. The molecule has 1 heterocycles. The fourth-order valence-corrected chi connectivity index (χ4v) is 3.00. The number of alkyl halides is 6. The second kappa shape index (κ2) is 11.4. The second-order valence-electron chi connectivity index (χ2n) is 7.33. The Bertz CT molecular complexity index is 1060. The maximum absolute atomic E-state index is 13.7. The lowest BCUT2D eigenvalue weighted by atomic mass is 9.97. The van der Waals surface area contributed by atoms with Crippen molar-refractivity contribution >= 4 is 18.2 Å². The van der Waals surface area contributed by atoms with Crippen molar-refractivity contribution in [1.29, 1.82) is 0 Å². The van der Waals surface area contributed by atoms with Crippen LogP contribution in [-0.2, 0) is 30.3 Å². The highest BCUT2D eigenvalue weighted by Crippen LogP contribution is 2.42. The minimum Gasteiger partial charge on any atom is -0.475 e. The van der Waals surface area contributed by atoms with E-state index in [2.05, 4.69) is 23.8 Å². The number of aryl methyl sites for hydroxylation is 1. The Kier molecular flexibility index (Phi) is 9.05. The molecule has 0 N–H and O–H groups in total. The fourth-order valence-electron chi connectivity index (χ4n) is 3.00. The van der Waals surface area contributed by atoms with Crippen LogP contribution in [0.25, 0.3) is 6.08 Å². The summed E-state index contributed by atoms with van der Waals surface area (Å²) in [4.78, 5) is 38.4. The first-order chi connectivity index (χ1) is 17.0. The van der Waals surface area contributed by atoms with Crippen molar-refractivity contribution in [3.8, 4) is 11.5 Å². The van der Waals surface area contributed by atoms with Crippen LogP contribution in [0.1, 0.15) is 31.9 Å². The minimum absolute atomic E-state index is 0.0338. The highest BCUT2D eigenvalue weighted by Gasteiger charge is 2.49. The van der Waals surface area contributed by atoms with Gasteiger partial charge in [-0.3, -0.25) is 0 Å². The Morgan fingerprint density at radius 2 is 1.78 bits per heavy atom. The molecule has 0 fully saturated rings. The molecular weight excluding hydrogens is 528 g/mol. The third-order valence-corrected chi connectivity index (χ3v) is 4.38. The van der Waals surface area contributed by atoms with E-state index in [0.717, 1.165) is 19.1 Å². The molecule has 37 heavy (non-hydrogen) atoms. The summed E-state index contributed by atoms with van der Waals surface area (Å²) in [5.41, 5.74) is -1.52. The fraction of sp³-hybridized carbons (Fsp3) is 0.500. The number of benzene rings is 1. The van der Waals surface area contributed by atoms with Crippen LogP contribution >= 0.6 is 0 Å². The maximum Gasteiger partial charge on any atom is 0.573 e. The Hall–Kier alpha value is -3.92. The van der Waals surface area contributed by atoms with Crippen LogP contribution in [0, 0.1) is 10.1 Å². The number of rotatable bonds is 9. The largest absolute Gasteiger partial charge is 0.573 e. The Labute approximate surface area is 203 Å². The zero-order valence-electron chi connectivity index (χ0n) is 19.2. The summed E-state index contributed by atoms with van der Waals surface area (Å²) in [7, 11) is 0. The Balaban J connectivity index is 2.24. The van der Waals surface area contributed by atoms with Crippen molar-refractivity contribution in [3.63, 3.8) is 0 Å². The summed E-state index contributed by atoms with van der Waals surface area (Å²) in [5, 5.41) is 9.06. The molecule has 1 aliphatic rings. The predicted molar refractivity (Wildman–Crippen MR) is 106 cm³/mol. The SMILES string of the molecule is CCc1cc(OC(F)(F)F)cc2c1OC(C(F)(F)F)C(C(=O)OC(C)OC(=O)OC[C@H](C)O[N+](=O)[O-])=C2. The number of hydrogen-bond acceptors (Lipinski definition) is 10. The summed E-state index contributed by atoms with van der Waals surface area (Å²) in [5.74, 6) is -2.83. The molecule has 0 saturated heterocycles. The van der Waals surface area contributed by atoms with Gasteiger partial charge in [0, 0.05) is 12.5 Å². The average Bonchev–Trinajstić information content (AvgIpc) is 2.73. The number of hydrogen-bond donors (Lipinski definition) is 0. The van der Waals surface area contributed by atoms with E-state index >= 15 is 0 Å². The van der Waals surface area contributed by atoms with Crippen molar-refractivity contribution in [2.24, 2.45) is 0 Å². The van der Waals surface area contributed by atoms with E-state index in [4.69, 9.17) is 4.74 Å². The van der Waals surface area contributed by atoms with E-state index in [1.807, 2.05) is 0 Å². The summed E-state index contributed by atoms with van der Waals surface area (Å²) < 4.78 is 102. The van der Waals surface area contributed by atoms with Crippen molar-refractivity contribution < 1.29 is 69.5 Å². The van der Waals surface area contributed by atoms with E-state index in [0.29, 0.717) is 6.08 Å². The number of carbonyl (C=O) groups excluding carboxylic acids is 2. The lowest BCUT2D eigenvalue weighted by Gasteiger charge is -2.30. The molecule has 1 aromatic rings. The average molecular weight is 547 g/mol. The zero-order valence-corrected chi connectivity index (χ0v) is 19.2. The number of carbonyl (C=O) groups is 2. The molecule has 0 aliphatic carbocycles. The standard InChI is InChI=1S/C20H19F6NO10/c1-4-11-5-13(36-20(24,25)26)6-12-7-14(16(19(21,22)23)35-15(11)12)17(28)33-10(3)34-18(29)32-8-9(2)37-27(30)31/h5-7,9-10,16H,4,8H2,1-3H3/t9-,10?,16?/m0/s1. The molecule has 0 saturated carbocycles. The summed E-state index contributed by atoms with van der Waals surface area (Å²) in [6.45, 7) is 2.93. The molecule has 2 rings (SSSR count). The first-order valence-electron chi connectivity index (χ1n) is 10.2. The van der Waals surface area contributed by atoms with Gasteiger partial charge in [0.1, 0.15) is 24.2 Å². The van der Waals surface area contributed by atoms with E-state index in [9.17, 15) is 46.0 Å². The third kappa shape index (κ3) is 8.60. The molecule has 2 unspecified atom stereocenters. The maximum atomic E-state index is 13.7. The van der Waals surface area contributed by atoms with E-state index in [1.165, 1.54) is 13.8 Å². The molecule has 0 radical (unpaired) electrons. The lowest BCUT2D eigenvalue weighted by molar-refractivity contribution is -0.767. The monoisotopic (exact) mass is 547 g/mol. The Morgan fingerprint density at radius 3 is 2.32 bits per heavy atom. The van der Waals surface area contributed by atoms with Gasteiger partial charge >= 0.3 is 24.7 Å². The van der Waals surface area contributed by atoms with Crippen LogP contribution in [-0.4, -0.2) is 54.9 Å². The molecule has 11 nitrogen and oxygen atoms in total.